The first-order chi connectivity index (χ1) is 9.65. The number of nitrogens with one attached hydrogen (secondary N) is 3. The largest absolute Gasteiger partial charge is 0.368 e. The quantitative estimate of drug-likeness (QED) is 0.587. The Morgan fingerprint density at radius 1 is 1.40 bits per heavy atom. The van der Waals surface area contributed by atoms with Crippen LogP contribution in [0, 0.1) is 0 Å². The third kappa shape index (κ3) is 2.55. The molecule has 1 saturated heterocycles. The molecule has 108 valence electrons. The number of hydrogen-bond acceptors (Lipinski definition) is 5. The highest BCUT2D eigenvalue weighted by atomic mass is 16.3. The Hall–Kier alpha value is -1.47. The lowest BCUT2D eigenvalue weighted by Gasteiger charge is -2.26. The summed E-state index contributed by atoms with van der Waals surface area (Å²) in [5, 5.41) is 11.2. The Balaban J connectivity index is 1.57. The molecule has 3 aliphatic rings. The van der Waals surface area contributed by atoms with Crippen molar-refractivity contribution in [3.8, 4) is 0 Å². The number of nitrogens with zero attached hydrogens (tertiary/aromatic N) is 1. The van der Waals surface area contributed by atoms with Gasteiger partial charge in [-0.3, -0.25) is 4.79 Å². The maximum Gasteiger partial charge on any atom is 0.263 e. The van der Waals surface area contributed by atoms with Crippen LogP contribution in [0.15, 0.2) is 35.5 Å². The Morgan fingerprint density at radius 3 is 2.90 bits per heavy atom. The summed E-state index contributed by atoms with van der Waals surface area (Å²) < 4.78 is 0. The van der Waals surface area contributed by atoms with Crippen LogP contribution in [0.3, 0.4) is 0 Å². The van der Waals surface area contributed by atoms with E-state index in [0.29, 0.717) is 5.57 Å². The highest BCUT2D eigenvalue weighted by molar-refractivity contribution is 5.91. The molecule has 1 fully saturated rings. The predicted molar refractivity (Wildman–Crippen MR) is 74.7 cm³/mol. The maximum absolute atomic E-state index is 11.7. The summed E-state index contributed by atoms with van der Waals surface area (Å²) in [6.45, 7) is 1.74. The van der Waals surface area contributed by atoms with E-state index in [0.717, 1.165) is 19.3 Å². The first-order valence-electron chi connectivity index (χ1n) is 6.98. The van der Waals surface area contributed by atoms with Crippen LogP contribution in [0.1, 0.15) is 26.2 Å². The molecular weight excluding hydrogens is 256 g/mol. The van der Waals surface area contributed by atoms with Crippen LogP contribution < -0.4 is 16.3 Å². The summed E-state index contributed by atoms with van der Waals surface area (Å²) in [5.41, 5.74) is 11.3. The molecule has 2 aliphatic heterocycles. The van der Waals surface area contributed by atoms with Crippen molar-refractivity contribution >= 4 is 5.91 Å². The molecule has 2 heterocycles. The van der Waals surface area contributed by atoms with Crippen molar-refractivity contribution < 1.29 is 9.90 Å². The molecule has 1 amide bonds. The molecule has 1 aliphatic carbocycles. The zero-order chi connectivity index (χ0) is 14.1. The molecule has 0 radical (unpaired) electrons. The average molecular weight is 276 g/mol. The predicted octanol–water partition coefficient (Wildman–Crippen LogP) is 0.0669. The average Bonchev–Trinajstić information content (AvgIpc) is 3.01. The second-order valence-corrected chi connectivity index (χ2v) is 5.41. The van der Waals surface area contributed by atoms with E-state index in [9.17, 15) is 9.90 Å². The second-order valence-electron chi connectivity index (χ2n) is 5.41. The van der Waals surface area contributed by atoms with E-state index >= 15 is 0 Å². The normalized spacial score (nSPS) is 33.6. The van der Waals surface area contributed by atoms with Crippen molar-refractivity contribution in [3.05, 3.63) is 35.5 Å². The molecule has 0 aromatic heterocycles. The zero-order valence-electron chi connectivity index (χ0n) is 11.5. The number of carbonyl (C=O) groups is 1. The van der Waals surface area contributed by atoms with Gasteiger partial charge in [-0.15, -0.1) is 0 Å². The fraction of sp³-hybridized carbons (Fsp3) is 0.500. The Labute approximate surface area is 118 Å². The lowest BCUT2D eigenvalue weighted by Crippen LogP contribution is -2.54. The van der Waals surface area contributed by atoms with Crippen LogP contribution in [0.2, 0.25) is 0 Å². The van der Waals surface area contributed by atoms with Gasteiger partial charge < -0.3 is 5.11 Å². The highest BCUT2D eigenvalue weighted by Crippen LogP contribution is 2.20. The zero-order valence-corrected chi connectivity index (χ0v) is 11.5. The number of rotatable bonds is 3. The summed E-state index contributed by atoms with van der Waals surface area (Å²) in [7, 11) is 0. The molecule has 20 heavy (non-hydrogen) atoms. The molecule has 6 nitrogen and oxygen atoms in total. The van der Waals surface area contributed by atoms with Crippen molar-refractivity contribution in [2.24, 2.45) is 0 Å². The molecule has 0 saturated carbocycles. The van der Waals surface area contributed by atoms with Crippen LogP contribution in [-0.4, -0.2) is 34.5 Å². The number of hydrogen-bond donors (Lipinski definition) is 4. The minimum atomic E-state index is -0.878. The van der Waals surface area contributed by atoms with Gasteiger partial charge in [0.2, 0.25) is 0 Å². The number of allylic oxidation sites excluding steroid dienone is 2. The fourth-order valence-corrected chi connectivity index (χ4v) is 2.72. The summed E-state index contributed by atoms with van der Waals surface area (Å²) in [6.07, 6.45) is 10.0. The van der Waals surface area contributed by atoms with Crippen LogP contribution in [0.4, 0.5) is 0 Å². The molecular formula is C14H20N4O2. The van der Waals surface area contributed by atoms with Gasteiger partial charge in [-0.1, -0.05) is 18.2 Å². The van der Waals surface area contributed by atoms with E-state index in [-0.39, 0.29) is 18.1 Å². The van der Waals surface area contributed by atoms with E-state index in [4.69, 9.17) is 0 Å². The van der Waals surface area contributed by atoms with E-state index in [1.807, 2.05) is 0 Å². The first kappa shape index (κ1) is 13.5. The Kier molecular flexibility index (Phi) is 3.71. The van der Waals surface area contributed by atoms with Gasteiger partial charge in [0.25, 0.3) is 5.91 Å². The monoisotopic (exact) mass is 276 g/mol. The van der Waals surface area contributed by atoms with Crippen molar-refractivity contribution in [2.45, 2.75) is 44.6 Å². The van der Waals surface area contributed by atoms with E-state index in [2.05, 4.69) is 34.5 Å². The van der Waals surface area contributed by atoms with Gasteiger partial charge >= 0.3 is 0 Å². The van der Waals surface area contributed by atoms with Crippen molar-refractivity contribution in [2.75, 3.05) is 0 Å². The number of aliphatic hydroxyl groups excluding tert-OH is 1. The Morgan fingerprint density at radius 2 is 2.25 bits per heavy atom. The number of hydrazine groups is 2. The molecule has 6 heteroatoms. The summed E-state index contributed by atoms with van der Waals surface area (Å²) >= 11 is 0. The molecule has 0 spiro atoms. The van der Waals surface area contributed by atoms with Gasteiger partial charge in [-0.05, 0) is 37.3 Å². The SMILES string of the molecule is CC1=CC(=O)N(NC2CC(C3=CCCC=C3)NN2)C1O. The third-order valence-corrected chi connectivity index (χ3v) is 3.86. The molecule has 3 rings (SSSR count). The number of amides is 1. The molecule has 0 aromatic rings. The van der Waals surface area contributed by atoms with Crippen LogP contribution in [0.5, 0.6) is 0 Å². The van der Waals surface area contributed by atoms with Gasteiger partial charge in [-0.25, -0.2) is 21.3 Å². The lowest BCUT2D eigenvalue weighted by molar-refractivity contribution is -0.137. The van der Waals surface area contributed by atoms with Crippen molar-refractivity contribution in [1.29, 1.82) is 0 Å². The Bertz CT molecular complexity index is 497. The van der Waals surface area contributed by atoms with Gasteiger partial charge in [0, 0.05) is 12.1 Å². The van der Waals surface area contributed by atoms with E-state index in [1.54, 1.807) is 6.92 Å². The third-order valence-electron chi connectivity index (χ3n) is 3.86. The van der Waals surface area contributed by atoms with Crippen molar-refractivity contribution in [1.82, 2.24) is 21.3 Å². The van der Waals surface area contributed by atoms with Gasteiger partial charge in [0.15, 0.2) is 6.23 Å². The number of aliphatic hydroxyl groups is 1. The maximum atomic E-state index is 11.7. The minimum absolute atomic E-state index is 0.0888. The highest BCUT2D eigenvalue weighted by Gasteiger charge is 2.33. The lowest BCUT2D eigenvalue weighted by atomic mass is 9.98. The van der Waals surface area contributed by atoms with E-state index < -0.39 is 6.23 Å². The van der Waals surface area contributed by atoms with Gasteiger partial charge in [0.1, 0.15) is 0 Å². The van der Waals surface area contributed by atoms with Crippen LogP contribution >= 0.6 is 0 Å². The van der Waals surface area contributed by atoms with Gasteiger partial charge in [-0.2, -0.15) is 0 Å². The second kappa shape index (κ2) is 5.49. The van der Waals surface area contributed by atoms with Gasteiger partial charge in [0.05, 0.1) is 6.17 Å². The molecule has 3 unspecified atom stereocenters. The first-order valence-corrected chi connectivity index (χ1v) is 6.98. The standard InChI is InChI=1S/C14H20N4O2/c1-9-7-13(19)18(14(9)20)17-12-8-11(15-16-12)10-5-3-2-4-6-10/h3,5-7,11-12,14-17,20H,2,4,8H2,1H3. The minimum Gasteiger partial charge on any atom is -0.368 e. The van der Waals surface area contributed by atoms with Crippen LogP contribution in [-0.2, 0) is 4.79 Å². The molecule has 0 aromatic carbocycles. The number of carbonyl (C=O) groups excluding carboxylic acids is 1. The molecule has 3 atom stereocenters. The van der Waals surface area contributed by atoms with Crippen LogP contribution in [0.25, 0.3) is 0 Å². The topological polar surface area (TPSA) is 76.6 Å². The summed E-state index contributed by atoms with van der Waals surface area (Å²) in [6, 6.07) is 0.230. The smallest absolute Gasteiger partial charge is 0.263 e. The van der Waals surface area contributed by atoms with Crippen molar-refractivity contribution in [3.63, 3.8) is 0 Å². The molecule has 4 N–H and O–H groups in total. The van der Waals surface area contributed by atoms with E-state index in [1.165, 1.54) is 16.7 Å². The summed E-state index contributed by atoms with van der Waals surface area (Å²) in [5.74, 6) is -0.211. The molecule has 0 bridgehead atoms. The summed E-state index contributed by atoms with van der Waals surface area (Å²) in [4.78, 5) is 11.7. The fourth-order valence-electron chi connectivity index (χ4n) is 2.72.